The lowest BCUT2D eigenvalue weighted by Gasteiger charge is -2.34. The second kappa shape index (κ2) is 5.50. The van der Waals surface area contributed by atoms with Gasteiger partial charge < -0.3 is 10.6 Å². The Morgan fingerprint density at radius 3 is 3.06 bits per heavy atom. The van der Waals surface area contributed by atoms with Gasteiger partial charge >= 0.3 is 0 Å². The second-order valence-corrected chi connectivity index (χ2v) is 6.94. The molecule has 1 aliphatic heterocycles. The summed E-state index contributed by atoms with van der Waals surface area (Å²) in [6.07, 6.45) is 2.19. The summed E-state index contributed by atoms with van der Waals surface area (Å²) in [4.78, 5) is 14.2. The van der Waals surface area contributed by atoms with Crippen molar-refractivity contribution in [3.8, 4) is 0 Å². The van der Waals surface area contributed by atoms with Crippen molar-refractivity contribution in [2.24, 2.45) is 11.7 Å². The van der Waals surface area contributed by atoms with Crippen LogP contribution in [-0.2, 0) is 0 Å². The zero-order valence-electron chi connectivity index (χ0n) is 9.86. The smallest absolute Gasteiger partial charge is 0.254 e. The number of nitrogens with two attached hydrogens (primary N) is 1. The third kappa shape index (κ3) is 3.09. The van der Waals surface area contributed by atoms with E-state index in [0.717, 1.165) is 35.3 Å². The monoisotopic (exact) mass is 316 g/mol. The molecule has 1 aromatic rings. The molecular weight excluding hydrogens is 300 g/mol. The highest BCUT2D eigenvalue weighted by Gasteiger charge is 2.26. The third-order valence-electron chi connectivity index (χ3n) is 3.30. The molecule has 0 bridgehead atoms. The Kier molecular flexibility index (Phi) is 4.22. The van der Waals surface area contributed by atoms with Crippen molar-refractivity contribution in [1.29, 1.82) is 0 Å². The molecule has 0 radical (unpaired) electrons. The van der Waals surface area contributed by atoms with Crippen LogP contribution in [0.1, 0.15) is 30.1 Å². The number of carbonyl (C=O) groups excluding carboxylic acids is 1. The van der Waals surface area contributed by atoms with Crippen molar-refractivity contribution in [2.75, 3.05) is 13.1 Å². The molecule has 3 nitrogen and oxygen atoms in total. The summed E-state index contributed by atoms with van der Waals surface area (Å²) in [6.45, 7) is 3.68. The summed E-state index contributed by atoms with van der Waals surface area (Å²) < 4.78 is 1.00. The predicted octanol–water partition coefficient (Wildman–Crippen LogP) is 2.71. The number of hydrogen-bond acceptors (Lipinski definition) is 3. The maximum atomic E-state index is 12.3. The van der Waals surface area contributed by atoms with E-state index in [4.69, 9.17) is 5.73 Å². The number of amides is 1. The van der Waals surface area contributed by atoms with Crippen molar-refractivity contribution < 1.29 is 4.79 Å². The molecular formula is C12H17BrN2OS. The van der Waals surface area contributed by atoms with E-state index >= 15 is 0 Å². The summed E-state index contributed by atoms with van der Waals surface area (Å²) in [6, 6.07) is 2.06. The van der Waals surface area contributed by atoms with Gasteiger partial charge in [-0.1, -0.05) is 0 Å². The number of rotatable bonds is 2. The average Bonchev–Trinajstić information content (AvgIpc) is 2.75. The third-order valence-corrected chi connectivity index (χ3v) is 4.81. The average molecular weight is 317 g/mol. The van der Waals surface area contributed by atoms with Crippen molar-refractivity contribution in [1.82, 2.24) is 4.90 Å². The molecule has 5 heteroatoms. The van der Waals surface area contributed by atoms with Crippen LogP contribution in [0.15, 0.2) is 15.2 Å². The SMILES string of the molecule is C[C@H](N)[C@@H]1CCCN(C(=O)c2csc(Br)c2)C1. The van der Waals surface area contributed by atoms with E-state index in [0.29, 0.717) is 5.92 Å². The molecule has 2 atom stereocenters. The van der Waals surface area contributed by atoms with Crippen LogP contribution in [0.3, 0.4) is 0 Å². The first-order chi connectivity index (χ1) is 8.08. The van der Waals surface area contributed by atoms with Crippen molar-refractivity contribution >= 4 is 33.2 Å². The Hall–Kier alpha value is -0.390. The topological polar surface area (TPSA) is 46.3 Å². The number of hydrogen-bond donors (Lipinski definition) is 1. The summed E-state index contributed by atoms with van der Waals surface area (Å²) >= 11 is 4.94. The van der Waals surface area contributed by atoms with Crippen LogP contribution >= 0.6 is 27.3 Å². The maximum Gasteiger partial charge on any atom is 0.254 e. The fraction of sp³-hybridized carbons (Fsp3) is 0.583. The highest BCUT2D eigenvalue weighted by atomic mass is 79.9. The molecule has 1 amide bonds. The van der Waals surface area contributed by atoms with Crippen LogP contribution in [-0.4, -0.2) is 29.9 Å². The van der Waals surface area contributed by atoms with E-state index in [-0.39, 0.29) is 11.9 Å². The van der Waals surface area contributed by atoms with Crippen LogP contribution in [0.2, 0.25) is 0 Å². The summed E-state index contributed by atoms with van der Waals surface area (Å²) in [5.74, 6) is 0.576. The molecule has 2 N–H and O–H groups in total. The Bertz CT molecular complexity index is 405. The highest BCUT2D eigenvalue weighted by molar-refractivity contribution is 9.11. The van der Waals surface area contributed by atoms with Crippen molar-refractivity contribution in [3.05, 3.63) is 20.8 Å². The lowest BCUT2D eigenvalue weighted by atomic mass is 9.92. The molecule has 0 spiro atoms. The molecule has 0 unspecified atom stereocenters. The Morgan fingerprint density at radius 1 is 1.71 bits per heavy atom. The molecule has 17 heavy (non-hydrogen) atoms. The standard InChI is InChI=1S/C12H17BrN2OS/c1-8(14)9-3-2-4-15(6-9)12(16)10-5-11(13)17-7-10/h5,7-9H,2-4,6,14H2,1H3/t8-,9+/m0/s1. The fourth-order valence-corrected chi connectivity index (χ4v) is 3.36. The molecule has 1 aliphatic rings. The lowest BCUT2D eigenvalue weighted by Crippen LogP contribution is -2.44. The van der Waals surface area contributed by atoms with Gasteiger partial charge in [0.2, 0.25) is 0 Å². The lowest BCUT2D eigenvalue weighted by molar-refractivity contribution is 0.0661. The summed E-state index contributed by atoms with van der Waals surface area (Å²) in [5.41, 5.74) is 6.71. The summed E-state index contributed by atoms with van der Waals surface area (Å²) in [7, 11) is 0. The van der Waals surface area contributed by atoms with Gasteiger partial charge in [0, 0.05) is 24.5 Å². The second-order valence-electron chi connectivity index (χ2n) is 4.65. The van der Waals surface area contributed by atoms with E-state index in [2.05, 4.69) is 15.9 Å². The predicted molar refractivity (Wildman–Crippen MR) is 74.3 cm³/mol. The van der Waals surface area contributed by atoms with Crippen LogP contribution in [0.5, 0.6) is 0 Å². The number of carbonyl (C=O) groups is 1. The van der Waals surface area contributed by atoms with Crippen LogP contribution in [0, 0.1) is 5.92 Å². The number of nitrogens with zero attached hydrogens (tertiary/aromatic N) is 1. The first-order valence-electron chi connectivity index (χ1n) is 5.87. The molecule has 1 aromatic heterocycles. The van der Waals surface area contributed by atoms with Gasteiger partial charge in [0.15, 0.2) is 0 Å². The maximum absolute atomic E-state index is 12.3. The zero-order chi connectivity index (χ0) is 12.4. The molecule has 94 valence electrons. The molecule has 1 saturated heterocycles. The normalized spacial score (nSPS) is 22.5. The quantitative estimate of drug-likeness (QED) is 0.911. The molecule has 0 saturated carbocycles. The van der Waals surface area contributed by atoms with Crippen LogP contribution in [0.25, 0.3) is 0 Å². The number of halogens is 1. The minimum atomic E-state index is 0.136. The fourth-order valence-electron chi connectivity index (χ4n) is 2.23. The molecule has 0 aliphatic carbocycles. The Labute approximate surface area is 114 Å². The molecule has 0 aromatic carbocycles. The van der Waals surface area contributed by atoms with Crippen molar-refractivity contribution in [2.45, 2.75) is 25.8 Å². The molecule has 2 rings (SSSR count). The van der Waals surface area contributed by atoms with E-state index in [1.807, 2.05) is 23.3 Å². The largest absolute Gasteiger partial charge is 0.338 e. The first kappa shape index (κ1) is 13.1. The van der Waals surface area contributed by atoms with Crippen LogP contribution < -0.4 is 5.73 Å². The van der Waals surface area contributed by atoms with E-state index in [1.54, 1.807) is 11.3 Å². The minimum Gasteiger partial charge on any atom is -0.338 e. The highest BCUT2D eigenvalue weighted by Crippen LogP contribution is 2.24. The Morgan fingerprint density at radius 2 is 2.47 bits per heavy atom. The zero-order valence-corrected chi connectivity index (χ0v) is 12.3. The number of thiophene rings is 1. The van der Waals surface area contributed by atoms with Gasteiger partial charge in [0.1, 0.15) is 0 Å². The summed E-state index contributed by atoms with van der Waals surface area (Å²) in [5, 5.41) is 1.90. The molecule has 2 heterocycles. The van der Waals surface area contributed by atoms with Gasteiger partial charge in [-0.2, -0.15) is 0 Å². The van der Waals surface area contributed by atoms with Crippen molar-refractivity contribution in [3.63, 3.8) is 0 Å². The van der Waals surface area contributed by atoms with Crippen LogP contribution in [0.4, 0.5) is 0 Å². The van der Waals surface area contributed by atoms with Gasteiger partial charge in [-0.05, 0) is 47.7 Å². The van der Waals surface area contributed by atoms with Gasteiger partial charge in [0.25, 0.3) is 5.91 Å². The van der Waals surface area contributed by atoms with E-state index in [9.17, 15) is 4.79 Å². The van der Waals surface area contributed by atoms with Gasteiger partial charge in [-0.25, -0.2) is 0 Å². The van der Waals surface area contributed by atoms with Gasteiger partial charge in [0.05, 0.1) is 9.35 Å². The minimum absolute atomic E-state index is 0.136. The van der Waals surface area contributed by atoms with E-state index < -0.39 is 0 Å². The Balaban J connectivity index is 2.04. The van der Waals surface area contributed by atoms with Gasteiger partial charge in [-0.15, -0.1) is 11.3 Å². The number of likely N-dealkylation sites (tertiary alicyclic amines) is 1. The van der Waals surface area contributed by atoms with E-state index in [1.165, 1.54) is 0 Å². The molecule has 1 fully saturated rings. The van der Waals surface area contributed by atoms with Gasteiger partial charge in [-0.3, -0.25) is 4.79 Å². The first-order valence-corrected chi connectivity index (χ1v) is 7.54. The number of piperidine rings is 1.